The fourth-order valence-corrected chi connectivity index (χ4v) is 2.58. The van der Waals surface area contributed by atoms with Gasteiger partial charge in [0.15, 0.2) is 0 Å². The molecule has 0 saturated heterocycles. The van der Waals surface area contributed by atoms with Crippen molar-refractivity contribution in [3.05, 3.63) is 0 Å². The molecular weight excluding hydrogens is 256 g/mol. The van der Waals surface area contributed by atoms with Gasteiger partial charge < -0.3 is 4.74 Å². The number of ether oxygens (including phenoxy) is 1. The fourth-order valence-electron chi connectivity index (χ4n) is 2.45. The Morgan fingerprint density at radius 2 is 2.13 bits per heavy atom. The minimum Gasteiger partial charge on any atom is -0.461 e. The molecule has 1 rings (SSSR count). The van der Waals surface area contributed by atoms with Crippen molar-refractivity contribution in [3.8, 4) is 0 Å². The summed E-state index contributed by atoms with van der Waals surface area (Å²) >= 11 is 3.14. The molecule has 0 aromatic heterocycles. The molecule has 0 aromatic rings. The summed E-state index contributed by atoms with van der Waals surface area (Å²) in [5, 5.41) is 0.308. The van der Waals surface area contributed by atoms with Crippen LogP contribution in [-0.2, 0) is 9.53 Å². The summed E-state index contributed by atoms with van der Waals surface area (Å²) in [6, 6.07) is 0. The molecule has 0 aliphatic heterocycles. The van der Waals surface area contributed by atoms with Crippen molar-refractivity contribution in [1.29, 1.82) is 0 Å². The maximum absolute atomic E-state index is 11.3. The lowest BCUT2D eigenvalue weighted by Gasteiger charge is -2.36. The summed E-state index contributed by atoms with van der Waals surface area (Å²) in [6.45, 7) is 6.68. The second-order valence-electron chi connectivity index (χ2n) is 4.99. The summed E-state index contributed by atoms with van der Waals surface area (Å²) in [7, 11) is 0. The van der Waals surface area contributed by atoms with Gasteiger partial charge in [-0.15, -0.1) is 0 Å². The number of esters is 1. The van der Waals surface area contributed by atoms with Crippen molar-refractivity contribution in [2.75, 3.05) is 5.33 Å². The van der Waals surface area contributed by atoms with Crippen LogP contribution in [0.3, 0.4) is 0 Å². The quantitative estimate of drug-likeness (QED) is 0.584. The first kappa shape index (κ1) is 13.0. The summed E-state index contributed by atoms with van der Waals surface area (Å²) in [4.78, 5) is 11.3. The van der Waals surface area contributed by atoms with E-state index in [1.54, 1.807) is 0 Å². The van der Waals surface area contributed by atoms with E-state index < -0.39 is 0 Å². The van der Waals surface area contributed by atoms with Crippen molar-refractivity contribution >= 4 is 21.9 Å². The van der Waals surface area contributed by atoms with Gasteiger partial charge in [0.1, 0.15) is 11.4 Å². The minimum atomic E-state index is -0.125. The first-order valence-corrected chi connectivity index (χ1v) is 6.92. The lowest BCUT2D eigenvalue weighted by Crippen LogP contribution is -2.36. The van der Waals surface area contributed by atoms with E-state index in [-0.39, 0.29) is 12.1 Å². The van der Waals surface area contributed by atoms with Gasteiger partial charge in [-0.3, -0.25) is 4.79 Å². The third kappa shape index (κ3) is 3.78. The zero-order valence-electron chi connectivity index (χ0n) is 9.83. The lowest BCUT2D eigenvalue weighted by molar-refractivity contribution is -0.152. The molecular formula is C12H21BrO2. The highest BCUT2D eigenvalue weighted by Crippen LogP contribution is 2.35. The van der Waals surface area contributed by atoms with Gasteiger partial charge in [0, 0.05) is 0 Å². The first-order valence-electron chi connectivity index (χ1n) is 5.80. The molecule has 0 amide bonds. The van der Waals surface area contributed by atoms with E-state index in [4.69, 9.17) is 4.74 Å². The molecule has 1 saturated carbocycles. The Kier molecular flexibility index (Phi) is 5.10. The van der Waals surface area contributed by atoms with E-state index in [0.29, 0.717) is 23.1 Å². The van der Waals surface area contributed by atoms with E-state index in [1.165, 1.54) is 12.8 Å². The lowest BCUT2D eigenvalue weighted by atomic mass is 9.75. The first-order chi connectivity index (χ1) is 7.04. The predicted octanol–water partition coefficient (Wildman–Crippen LogP) is 3.39. The Balaban J connectivity index is 2.57. The fraction of sp³-hybridized carbons (Fsp3) is 0.917. The average Bonchev–Trinajstić information content (AvgIpc) is 2.17. The largest absolute Gasteiger partial charge is 0.461 e. The van der Waals surface area contributed by atoms with Gasteiger partial charge in [0.2, 0.25) is 0 Å². The molecule has 0 radical (unpaired) electrons. The van der Waals surface area contributed by atoms with Crippen LogP contribution in [-0.4, -0.2) is 17.4 Å². The predicted molar refractivity (Wildman–Crippen MR) is 65.0 cm³/mol. The Hall–Kier alpha value is -0.0500. The molecule has 1 aliphatic rings. The van der Waals surface area contributed by atoms with Crippen molar-refractivity contribution in [1.82, 2.24) is 0 Å². The van der Waals surface area contributed by atoms with Crippen molar-refractivity contribution in [2.45, 2.75) is 46.1 Å². The third-order valence-electron chi connectivity index (χ3n) is 3.35. The third-order valence-corrected chi connectivity index (χ3v) is 3.81. The van der Waals surface area contributed by atoms with Crippen molar-refractivity contribution in [3.63, 3.8) is 0 Å². The van der Waals surface area contributed by atoms with Crippen molar-refractivity contribution in [2.24, 2.45) is 17.8 Å². The zero-order valence-corrected chi connectivity index (χ0v) is 11.4. The van der Waals surface area contributed by atoms with E-state index in [2.05, 4.69) is 36.7 Å². The average molecular weight is 277 g/mol. The van der Waals surface area contributed by atoms with E-state index in [9.17, 15) is 4.79 Å². The maximum atomic E-state index is 11.3. The SMILES string of the molecule is CC(C)[C@H]1CC[C@H](C)C[C@H]1OC(=O)CBr. The highest BCUT2D eigenvalue weighted by atomic mass is 79.9. The Morgan fingerprint density at radius 1 is 1.47 bits per heavy atom. The van der Waals surface area contributed by atoms with E-state index >= 15 is 0 Å². The molecule has 15 heavy (non-hydrogen) atoms. The molecule has 0 unspecified atom stereocenters. The van der Waals surface area contributed by atoms with Crippen LogP contribution in [0.4, 0.5) is 0 Å². The van der Waals surface area contributed by atoms with Crippen LogP contribution in [0, 0.1) is 17.8 Å². The number of carbonyl (C=O) groups is 1. The smallest absolute Gasteiger partial charge is 0.316 e. The molecule has 0 N–H and O–H groups in total. The van der Waals surface area contributed by atoms with Gasteiger partial charge >= 0.3 is 5.97 Å². The van der Waals surface area contributed by atoms with Gasteiger partial charge in [-0.1, -0.05) is 43.1 Å². The van der Waals surface area contributed by atoms with Crippen LogP contribution in [0.2, 0.25) is 0 Å². The van der Waals surface area contributed by atoms with E-state index in [1.807, 2.05) is 0 Å². The molecule has 1 aliphatic carbocycles. The molecule has 2 nitrogen and oxygen atoms in total. The topological polar surface area (TPSA) is 26.3 Å². The normalized spacial score (nSPS) is 31.7. The van der Waals surface area contributed by atoms with Gasteiger partial charge in [0.05, 0.1) is 0 Å². The van der Waals surface area contributed by atoms with Crippen LogP contribution in [0.5, 0.6) is 0 Å². The van der Waals surface area contributed by atoms with Crippen LogP contribution in [0.25, 0.3) is 0 Å². The van der Waals surface area contributed by atoms with Crippen LogP contribution in [0.1, 0.15) is 40.0 Å². The van der Waals surface area contributed by atoms with Crippen molar-refractivity contribution < 1.29 is 9.53 Å². The molecule has 88 valence electrons. The number of hydrogen-bond acceptors (Lipinski definition) is 2. The zero-order chi connectivity index (χ0) is 11.4. The number of rotatable bonds is 3. The number of alkyl halides is 1. The van der Waals surface area contributed by atoms with Gasteiger partial charge in [-0.25, -0.2) is 0 Å². The van der Waals surface area contributed by atoms with Gasteiger partial charge in [-0.2, -0.15) is 0 Å². The van der Waals surface area contributed by atoms with Gasteiger partial charge in [0.25, 0.3) is 0 Å². The molecule has 3 atom stereocenters. The van der Waals surface area contributed by atoms with Crippen LogP contribution >= 0.6 is 15.9 Å². The molecule has 0 spiro atoms. The molecule has 0 aromatic carbocycles. The second kappa shape index (κ2) is 5.88. The highest BCUT2D eigenvalue weighted by molar-refractivity contribution is 9.09. The molecule has 0 heterocycles. The summed E-state index contributed by atoms with van der Waals surface area (Å²) in [6.07, 6.45) is 3.63. The number of carbonyl (C=O) groups excluding carboxylic acids is 1. The molecule has 3 heteroatoms. The Morgan fingerprint density at radius 3 is 2.67 bits per heavy atom. The Labute approximate surface area is 101 Å². The highest BCUT2D eigenvalue weighted by Gasteiger charge is 2.32. The Bertz CT molecular complexity index is 216. The standard InChI is InChI=1S/C12H21BrO2/c1-8(2)10-5-4-9(3)6-11(10)15-12(14)7-13/h8-11H,4-7H2,1-3H3/t9-,10+,11+/m0/s1. The van der Waals surface area contributed by atoms with Crippen LogP contribution < -0.4 is 0 Å². The minimum absolute atomic E-state index is 0.125. The summed E-state index contributed by atoms with van der Waals surface area (Å²) in [5.41, 5.74) is 0. The number of halogens is 1. The van der Waals surface area contributed by atoms with Crippen LogP contribution in [0.15, 0.2) is 0 Å². The second-order valence-corrected chi connectivity index (χ2v) is 5.55. The number of hydrogen-bond donors (Lipinski definition) is 0. The maximum Gasteiger partial charge on any atom is 0.316 e. The molecule has 1 fully saturated rings. The summed E-state index contributed by atoms with van der Waals surface area (Å²) < 4.78 is 5.50. The van der Waals surface area contributed by atoms with Gasteiger partial charge in [-0.05, 0) is 30.6 Å². The monoisotopic (exact) mass is 276 g/mol. The van der Waals surface area contributed by atoms with E-state index in [0.717, 1.165) is 6.42 Å². The molecule has 0 bridgehead atoms. The summed E-state index contributed by atoms with van der Waals surface area (Å²) in [5.74, 6) is 1.71.